The first-order valence-corrected chi connectivity index (χ1v) is 8.69. The van der Waals surface area contributed by atoms with Crippen molar-refractivity contribution >= 4 is 0 Å². The zero-order chi connectivity index (χ0) is 13.0. The molecule has 1 saturated heterocycles. The highest BCUT2D eigenvalue weighted by atomic mass is 15.2. The van der Waals surface area contributed by atoms with Gasteiger partial charge < -0.3 is 5.32 Å². The molecule has 0 aromatic carbocycles. The van der Waals surface area contributed by atoms with Gasteiger partial charge in [0, 0.05) is 12.6 Å². The van der Waals surface area contributed by atoms with Gasteiger partial charge in [0.2, 0.25) is 0 Å². The standard InChI is InChI=1S/C17H30N2/c1-11(2)8-18-9-12-5-6-19(10-12)17-15-13-3-4-14(7-13)16(15)17/h11-18H,3-10H2,1-2H3. The maximum atomic E-state index is 3.66. The van der Waals surface area contributed by atoms with Gasteiger partial charge in [-0.25, -0.2) is 0 Å². The van der Waals surface area contributed by atoms with Crippen LogP contribution in [0.5, 0.6) is 0 Å². The predicted octanol–water partition coefficient (Wildman–Crippen LogP) is 2.60. The molecule has 1 aliphatic heterocycles. The van der Waals surface area contributed by atoms with Gasteiger partial charge in [-0.1, -0.05) is 13.8 Å². The molecule has 4 rings (SSSR count). The third-order valence-electron chi connectivity index (χ3n) is 6.42. The summed E-state index contributed by atoms with van der Waals surface area (Å²) in [6, 6.07) is 1.03. The Hall–Kier alpha value is -0.0800. The van der Waals surface area contributed by atoms with Crippen LogP contribution in [0.3, 0.4) is 0 Å². The molecule has 0 aromatic heterocycles. The molecule has 0 aromatic rings. The van der Waals surface area contributed by atoms with E-state index in [0.29, 0.717) is 0 Å². The number of fused-ring (bicyclic) bond motifs is 5. The van der Waals surface area contributed by atoms with E-state index in [1.807, 2.05) is 0 Å². The van der Waals surface area contributed by atoms with Crippen molar-refractivity contribution in [2.75, 3.05) is 26.2 Å². The Morgan fingerprint density at radius 3 is 2.53 bits per heavy atom. The van der Waals surface area contributed by atoms with Crippen LogP contribution >= 0.6 is 0 Å². The second-order valence-electron chi connectivity index (χ2n) is 8.18. The fraction of sp³-hybridized carbons (Fsp3) is 1.00. The topological polar surface area (TPSA) is 15.3 Å². The molecular formula is C17H30N2. The first kappa shape index (κ1) is 12.6. The van der Waals surface area contributed by atoms with Crippen molar-refractivity contribution in [2.45, 2.75) is 45.6 Å². The van der Waals surface area contributed by atoms with Gasteiger partial charge in [-0.2, -0.15) is 0 Å². The molecule has 3 saturated carbocycles. The van der Waals surface area contributed by atoms with Crippen molar-refractivity contribution in [2.24, 2.45) is 35.5 Å². The summed E-state index contributed by atoms with van der Waals surface area (Å²) in [5.41, 5.74) is 0. The number of nitrogens with one attached hydrogen (secondary N) is 1. The Kier molecular flexibility index (Phi) is 3.15. The summed E-state index contributed by atoms with van der Waals surface area (Å²) < 4.78 is 0. The van der Waals surface area contributed by atoms with E-state index >= 15 is 0 Å². The van der Waals surface area contributed by atoms with E-state index in [1.165, 1.54) is 32.6 Å². The molecule has 19 heavy (non-hydrogen) atoms. The van der Waals surface area contributed by atoms with Crippen LogP contribution in [0, 0.1) is 35.5 Å². The highest BCUT2D eigenvalue weighted by molar-refractivity contribution is 5.18. The molecule has 0 radical (unpaired) electrons. The number of likely N-dealkylation sites (tertiary alicyclic amines) is 1. The van der Waals surface area contributed by atoms with Gasteiger partial charge in [-0.15, -0.1) is 0 Å². The summed E-state index contributed by atoms with van der Waals surface area (Å²) in [7, 11) is 0. The van der Waals surface area contributed by atoms with E-state index < -0.39 is 0 Å². The predicted molar refractivity (Wildman–Crippen MR) is 79.0 cm³/mol. The SMILES string of the molecule is CC(C)CNCC1CCN(C2C3C4CCC(C4)C32)C1. The fourth-order valence-corrected chi connectivity index (χ4v) is 5.64. The van der Waals surface area contributed by atoms with Gasteiger partial charge in [0.05, 0.1) is 0 Å². The highest BCUT2D eigenvalue weighted by Gasteiger charge is 2.66. The van der Waals surface area contributed by atoms with Crippen LogP contribution in [-0.2, 0) is 0 Å². The van der Waals surface area contributed by atoms with Crippen molar-refractivity contribution in [1.29, 1.82) is 0 Å². The molecule has 5 atom stereocenters. The van der Waals surface area contributed by atoms with E-state index in [-0.39, 0.29) is 0 Å². The lowest BCUT2D eigenvalue weighted by Gasteiger charge is -2.20. The van der Waals surface area contributed by atoms with Gasteiger partial charge in [0.15, 0.2) is 0 Å². The Morgan fingerprint density at radius 1 is 1.11 bits per heavy atom. The summed E-state index contributed by atoms with van der Waals surface area (Å²) in [6.45, 7) is 9.83. The summed E-state index contributed by atoms with van der Waals surface area (Å²) in [4.78, 5) is 2.88. The average Bonchev–Trinajstić information content (AvgIpc) is 2.78. The van der Waals surface area contributed by atoms with Crippen LogP contribution in [0.15, 0.2) is 0 Å². The minimum absolute atomic E-state index is 0.788. The zero-order valence-corrected chi connectivity index (χ0v) is 12.6. The van der Waals surface area contributed by atoms with Crippen LogP contribution < -0.4 is 5.32 Å². The van der Waals surface area contributed by atoms with E-state index in [0.717, 1.165) is 41.5 Å². The van der Waals surface area contributed by atoms with E-state index in [2.05, 4.69) is 24.1 Å². The van der Waals surface area contributed by atoms with E-state index in [4.69, 9.17) is 0 Å². The second kappa shape index (κ2) is 4.73. The molecule has 2 bridgehead atoms. The van der Waals surface area contributed by atoms with Crippen molar-refractivity contribution in [3.63, 3.8) is 0 Å². The molecule has 108 valence electrons. The van der Waals surface area contributed by atoms with Crippen LogP contribution in [-0.4, -0.2) is 37.1 Å². The summed E-state index contributed by atoms with van der Waals surface area (Å²) in [6.07, 6.45) is 6.17. The Bertz CT molecular complexity index is 324. The van der Waals surface area contributed by atoms with E-state index in [9.17, 15) is 0 Å². The third-order valence-corrected chi connectivity index (χ3v) is 6.42. The maximum Gasteiger partial charge on any atom is 0.0164 e. The van der Waals surface area contributed by atoms with Crippen molar-refractivity contribution < 1.29 is 0 Å². The molecule has 2 heteroatoms. The molecule has 0 amide bonds. The van der Waals surface area contributed by atoms with Crippen LogP contribution in [0.1, 0.15) is 39.5 Å². The monoisotopic (exact) mass is 262 g/mol. The minimum atomic E-state index is 0.788. The van der Waals surface area contributed by atoms with Crippen LogP contribution in [0.4, 0.5) is 0 Å². The second-order valence-corrected chi connectivity index (χ2v) is 8.18. The average molecular weight is 262 g/mol. The molecule has 2 nitrogen and oxygen atoms in total. The molecule has 1 N–H and O–H groups in total. The first-order valence-electron chi connectivity index (χ1n) is 8.69. The number of hydrogen-bond acceptors (Lipinski definition) is 2. The number of rotatable bonds is 5. The largest absolute Gasteiger partial charge is 0.316 e. The van der Waals surface area contributed by atoms with Gasteiger partial charge in [-0.3, -0.25) is 4.90 Å². The quantitative estimate of drug-likeness (QED) is 0.819. The summed E-state index contributed by atoms with van der Waals surface area (Å²) in [5, 5.41) is 3.66. The van der Waals surface area contributed by atoms with E-state index in [1.54, 1.807) is 19.3 Å². The number of nitrogens with zero attached hydrogens (tertiary/aromatic N) is 1. The molecule has 4 fully saturated rings. The highest BCUT2D eigenvalue weighted by Crippen LogP contribution is 2.67. The molecule has 1 heterocycles. The Balaban J connectivity index is 1.25. The lowest BCUT2D eigenvalue weighted by Crippen LogP contribution is -2.31. The zero-order valence-electron chi connectivity index (χ0n) is 12.6. The van der Waals surface area contributed by atoms with Crippen LogP contribution in [0.25, 0.3) is 0 Å². The molecule has 0 spiro atoms. The molecule has 5 unspecified atom stereocenters. The Labute approximate surface area is 118 Å². The van der Waals surface area contributed by atoms with Crippen molar-refractivity contribution in [3.05, 3.63) is 0 Å². The number of hydrogen-bond donors (Lipinski definition) is 1. The third kappa shape index (κ3) is 2.15. The maximum absolute atomic E-state index is 3.66. The fourth-order valence-electron chi connectivity index (χ4n) is 5.64. The van der Waals surface area contributed by atoms with Crippen molar-refractivity contribution in [3.8, 4) is 0 Å². The smallest absolute Gasteiger partial charge is 0.0164 e. The normalized spacial score (nSPS) is 48.2. The Morgan fingerprint density at radius 2 is 1.84 bits per heavy atom. The van der Waals surface area contributed by atoms with Gasteiger partial charge >= 0.3 is 0 Å². The van der Waals surface area contributed by atoms with Crippen molar-refractivity contribution in [1.82, 2.24) is 10.2 Å². The lowest BCUT2D eigenvalue weighted by atomic mass is 10.0. The lowest BCUT2D eigenvalue weighted by molar-refractivity contribution is 0.256. The minimum Gasteiger partial charge on any atom is -0.316 e. The first-order chi connectivity index (χ1) is 9.24. The van der Waals surface area contributed by atoms with Gasteiger partial charge in [0.1, 0.15) is 0 Å². The molecule has 4 aliphatic rings. The van der Waals surface area contributed by atoms with Gasteiger partial charge in [-0.05, 0) is 80.8 Å². The van der Waals surface area contributed by atoms with Gasteiger partial charge in [0.25, 0.3) is 0 Å². The van der Waals surface area contributed by atoms with Crippen LogP contribution in [0.2, 0.25) is 0 Å². The summed E-state index contributed by atoms with van der Waals surface area (Å²) >= 11 is 0. The molecule has 3 aliphatic carbocycles. The molecular weight excluding hydrogens is 232 g/mol. The summed E-state index contributed by atoms with van der Waals surface area (Å²) in [5.74, 6) is 6.27.